The zero-order chi connectivity index (χ0) is 9.14. The van der Waals surface area contributed by atoms with Crippen molar-refractivity contribution in [2.75, 3.05) is 7.11 Å². The zero-order valence-electron chi connectivity index (χ0n) is 6.88. The lowest BCUT2D eigenvalue weighted by molar-refractivity contribution is -0.145. The Hall–Kier alpha value is -0.570. The number of rotatable bonds is 2. The van der Waals surface area contributed by atoms with E-state index >= 15 is 0 Å². The van der Waals surface area contributed by atoms with Crippen molar-refractivity contribution >= 4 is 22.8 Å². The molecule has 0 saturated heterocycles. The lowest BCUT2D eigenvalue weighted by Gasteiger charge is -2.05. The van der Waals surface area contributed by atoms with E-state index in [4.69, 9.17) is 11.6 Å². The third kappa shape index (κ3) is 1.97. The van der Waals surface area contributed by atoms with Crippen molar-refractivity contribution in [3.05, 3.63) is 0 Å². The molecule has 0 heterocycles. The van der Waals surface area contributed by atoms with E-state index in [2.05, 4.69) is 4.74 Å². The predicted molar refractivity (Wildman–Crippen MR) is 43.7 cm³/mol. The minimum atomic E-state index is -0.332. The summed E-state index contributed by atoms with van der Waals surface area (Å²) in [7, 11) is 1.36. The minimum absolute atomic E-state index is 0.123. The van der Waals surface area contributed by atoms with Crippen LogP contribution >= 0.6 is 11.6 Å². The monoisotopic (exact) mass is 190 g/mol. The highest BCUT2D eigenvalue weighted by Crippen LogP contribution is 2.32. The Morgan fingerprint density at radius 3 is 2.33 bits per heavy atom. The van der Waals surface area contributed by atoms with Crippen molar-refractivity contribution in [2.24, 2.45) is 11.8 Å². The molecule has 0 aromatic heterocycles. The van der Waals surface area contributed by atoms with Gasteiger partial charge in [-0.1, -0.05) is 0 Å². The molecular formula is C8H11ClO3. The van der Waals surface area contributed by atoms with E-state index in [-0.39, 0.29) is 23.0 Å². The van der Waals surface area contributed by atoms with Crippen LogP contribution in [0, 0.1) is 11.8 Å². The van der Waals surface area contributed by atoms with Crippen LogP contribution in [0.2, 0.25) is 0 Å². The number of carbonyl (C=O) groups is 2. The van der Waals surface area contributed by atoms with Crippen molar-refractivity contribution < 1.29 is 14.3 Å². The van der Waals surface area contributed by atoms with Crippen molar-refractivity contribution in [2.45, 2.75) is 19.3 Å². The molecule has 1 aliphatic carbocycles. The van der Waals surface area contributed by atoms with Crippen LogP contribution < -0.4 is 0 Å². The molecule has 68 valence electrons. The third-order valence-corrected chi connectivity index (χ3v) is 2.60. The van der Waals surface area contributed by atoms with E-state index in [0.29, 0.717) is 12.8 Å². The maximum Gasteiger partial charge on any atom is 0.308 e. The van der Waals surface area contributed by atoms with Crippen molar-refractivity contribution in [3.63, 3.8) is 0 Å². The van der Waals surface area contributed by atoms with E-state index in [1.807, 2.05) is 0 Å². The summed E-state index contributed by atoms with van der Waals surface area (Å²) in [6.45, 7) is 0. The topological polar surface area (TPSA) is 43.4 Å². The first-order valence-corrected chi connectivity index (χ1v) is 4.30. The van der Waals surface area contributed by atoms with Gasteiger partial charge in [-0.15, -0.1) is 0 Å². The largest absolute Gasteiger partial charge is 0.469 e. The Morgan fingerprint density at radius 2 is 1.92 bits per heavy atom. The molecule has 0 spiro atoms. The average molecular weight is 191 g/mol. The van der Waals surface area contributed by atoms with E-state index < -0.39 is 0 Å². The first kappa shape index (κ1) is 9.52. The van der Waals surface area contributed by atoms with Crippen LogP contribution in [0.15, 0.2) is 0 Å². The van der Waals surface area contributed by atoms with E-state index in [0.717, 1.165) is 6.42 Å². The summed E-state index contributed by atoms with van der Waals surface area (Å²) in [6.07, 6.45) is 1.98. The lowest BCUT2D eigenvalue weighted by Crippen LogP contribution is -2.13. The summed E-state index contributed by atoms with van der Waals surface area (Å²) in [4.78, 5) is 21.7. The highest BCUT2D eigenvalue weighted by Gasteiger charge is 2.33. The quantitative estimate of drug-likeness (QED) is 0.488. The molecule has 0 aromatic carbocycles. The first-order chi connectivity index (χ1) is 5.65. The Kier molecular flexibility index (Phi) is 3.09. The van der Waals surface area contributed by atoms with Gasteiger partial charge in [0.15, 0.2) is 0 Å². The molecule has 0 aliphatic heterocycles. The summed E-state index contributed by atoms with van der Waals surface area (Å²) in [5.74, 6) is -0.492. The molecule has 3 nitrogen and oxygen atoms in total. The Labute approximate surface area is 76.0 Å². The SMILES string of the molecule is COC(=O)C1CCC(C(=O)Cl)C1. The molecular weight excluding hydrogens is 180 g/mol. The number of halogens is 1. The molecule has 0 N–H and O–H groups in total. The molecule has 12 heavy (non-hydrogen) atoms. The average Bonchev–Trinajstić information content (AvgIpc) is 2.51. The normalized spacial score (nSPS) is 28.5. The van der Waals surface area contributed by atoms with Gasteiger partial charge in [-0.05, 0) is 30.9 Å². The number of carbonyl (C=O) groups excluding carboxylic acids is 2. The number of esters is 1. The van der Waals surface area contributed by atoms with Crippen LogP contribution in [0.5, 0.6) is 0 Å². The van der Waals surface area contributed by atoms with Crippen LogP contribution in [-0.2, 0) is 14.3 Å². The van der Waals surface area contributed by atoms with Crippen LogP contribution in [0.1, 0.15) is 19.3 Å². The van der Waals surface area contributed by atoms with E-state index in [1.54, 1.807) is 0 Å². The molecule has 0 aromatic rings. The van der Waals surface area contributed by atoms with Crippen LogP contribution in [0.3, 0.4) is 0 Å². The Bertz CT molecular complexity index is 202. The third-order valence-electron chi connectivity index (χ3n) is 2.29. The van der Waals surface area contributed by atoms with Gasteiger partial charge < -0.3 is 4.74 Å². The molecule has 2 atom stereocenters. The zero-order valence-corrected chi connectivity index (χ0v) is 7.63. The van der Waals surface area contributed by atoms with Gasteiger partial charge in [-0.3, -0.25) is 9.59 Å². The highest BCUT2D eigenvalue weighted by atomic mass is 35.5. The van der Waals surface area contributed by atoms with Crippen LogP contribution in [-0.4, -0.2) is 18.3 Å². The van der Waals surface area contributed by atoms with Gasteiger partial charge in [0.05, 0.1) is 13.0 Å². The summed E-state index contributed by atoms with van der Waals surface area (Å²) in [6, 6.07) is 0. The molecule has 1 saturated carbocycles. The number of hydrogen-bond donors (Lipinski definition) is 0. The summed E-state index contributed by atoms with van der Waals surface area (Å²) in [5, 5.41) is -0.332. The van der Waals surface area contributed by atoms with Crippen molar-refractivity contribution in [1.29, 1.82) is 0 Å². The second-order valence-corrected chi connectivity index (χ2v) is 3.41. The lowest BCUT2D eigenvalue weighted by atomic mass is 10.1. The Balaban J connectivity index is 2.45. The van der Waals surface area contributed by atoms with E-state index in [1.165, 1.54) is 7.11 Å². The molecule has 2 unspecified atom stereocenters. The molecule has 0 amide bonds. The molecule has 1 rings (SSSR count). The first-order valence-electron chi connectivity index (χ1n) is 3.92. The number of ether oxygens (including phenoxy) is 1. The molecule has 4 heteroatoms. The molecule has 0 radical (unpaired) electrons. The van der Waals surface area contributed by atoms with Gasteiger partial charge in [0.2, 0.25) is 5.24 Å². The maximum absolute atomic E-state index is 11.0. The van der Waals surface area contributed by atoms with E-state index in [9.17, 15) is 9.59 Å². The predicted octanol–water partition coefficient (Wildman–Crippen LogP) is 1.34. The maximum atomic E-state index is 11.0. The smallest absolute Gasteiger partial charge is 0.308 e. The summed E-state index contributed by atoms with van der Waals surface area (Å²) in [5.41, 5.74) is 0. The molecule has 1 fully saturated rings. The van der Waals surface area contributed by atoms with Crippen molar-refractivity contribution in [3.8, 4) is 0 Å². The highest BCUT2D eigenvalue weighted by molar-refractivity contribution is 6.64. The Morgan fingerprint density at radius 1 is 1.33 bits per heavy atom. The molecule has 0 bridgehead atoms. The number of methoxy groups -OCH3 is 1. The molecule has 1 aliphatic rings. The summed E-state index contributed by atoms with van der Waals surface area (Å²) < 4.78 is 4.57. The van der Waals surface area contributed by atoms with Gasteiger partial charge in [0, 0.05) is 5.92 Å². The van der Waals surface area contributed by atoms with Crippen LogP contribution in [0.4, 0.5) is 0 Å². The second-order valence-electron chi connectivity index (χ2n) is 3.03. The standard InChI is InChI=1S/C8H11ClO3/c1-12-8(11)6-3-2-5(4-6)7(9)10/h5-6H,2-4H2,1H3. The fourth-order valence-corrected chi connectivity index (χ4v) is 1.77. The fraction of sp³-hybridized carbons (Fsp3) is 0.750. The minimum Gasteiger partial charge on any atom is -0.469 e. The van der Waals surface area contributed by atoms with Gasteiger partial charge in [0.25, 0.3) is 0 Å². The van der Waals surface area contributed by atoms with Crippen molar-refractivity contribution in [1.82, 2.24) is 0 Å². The second kappa shape index (κ2) is 3.90. The fourth-order valence-electron chi connectivity index (χ4n) is 1.57. The number of hydrogen-bond acceptors (Lipinski definition) is 3. The van der Waals surface area contributed by atoms with Gasteiger partial charge in [-0.2, -0.15) is 0 Å². The summed E-state index contributed by atoms with van der Waals surface area (Å²) >= 11 is 5.31. The van der Waals surface area contributed by atoms with Gasteiger partial charge >= 0.3 is 5.97 Å². The van der Waals surface area contributed by atoms with Crippen LogP contribution in [0.25, 0.3) is 0 Å². The van der Waals surface area contributed by atoms with Gasteiger partial charge in [-0.25, -0.2) is 0 Å². The van der Waals surface area contributed by atoms with Gasteiger partial charge in [0.1, 0.15) is 0 Å².